The second-order valence-corrected chi connectivity index (χ2v) is 5.71. The summed E-state index contributed by atoms with van der Waals surface area (Å²) >= 11 is 1.48. The van der Waals surface area contributed by atoms with Gasteiger partial charge in [-0.3, -0.25) is 4.79 Å². The van der Waals surface area contributed by atoms with Gasteiger partial charge >= 0.3 is 0 Å². The Labute approximate surface area is 126 Å². The van der Waals surface area contributed by atoms with Gasteiger partial charge in [0.2, 0.25) is 6.79 Å². The summed E-state index contributed by atoms with van der Waals surface area (Å²) in [4.78, 5) is 13.0. The zero-order valence-electron chi connectivity index (χ0n) is 11.5. The molecule has 110 valence electrons. The van der Waals surface area contributed by atoms with E-state index >= 15 is 0 Å². The van der Waals surface area contributed by atoms with E-state index in [2.05, 4.69) is 5.32 Å². The van der Waals surface area contributed by atoms with E-state index in [1.165, 1.54) is 11.3 Å². The predicted octanol–water partition coefficient (Wildman–Crippen LogP) is 2.25. The molecule has 1 aromatic heterocycles. The van der Waals surface area contributed by atoms with Gasteiger partial charge in [0.15, 0.2) is 11.5 Å². The minimum Gasteiger partial charge on any atom is -0.454 e. The van der Waals surface area contributed by atoms with Crippen LogP contribution in [0, 0.1) is 6.92 Å². The van der Waals surface area contributed by atoms with E-state index in [0.717, 1.165) is 10.4 Å². The lowest BCUT2D eigenvalue weighted by Gasteiger charge is -2.11. The van der Waals surface area contributed by atoms with Gasteiger partial charge in [-0.15, -0.1) is 11.3 Å². The normalized spacial score (nSPS) is 14.0. The SMILES string of the molecule is Cc1ccsc1C(O)CNC(=O)c1ccc2c(c1)OCO2. The minimum atomic E-state index is -0.692. The Morgan fingerprint density at radius 2 is 2.19 bits per heavy atom. The van der Waals surface area contributed by atoms with Crippen molar-refractivity contribution in [1.29, 1.82) is 0 Å². The molecule has 0 fully saturated rings. The smallest absolute Gasteiger partial charge is 0.251 e. The van der Waals surface area contributed by atoms with Crippen LogP contribution < -0.4 is 14.8 Å². The summed E-state index contributed by atoms with van der Waals surface area (Å²) in [6, 6.07) is 6.96. The Morgan fingerprint density at radius 3 is 2.95 bits per heavy atom. The second kappa shape index (κ2) is 5.75. The molecule has 2 heterocycles. The summed E-state index contributed by atoms with van der Waals surface area (Å²) in [5.41, 5.74) is 1.51. The van der Waals surface area contributed by atoms with E-state index < -0.39 is 6.10 Å². The molecule has 2 N–H and O–H groups in total. The molecule has 6 heteroatoms. The molecule has 0 aliphatic carbocycles. The van der Waals surface area contributed by atoms with Crippen molar-refractivity contribution in [2.75, 3.05) is 13.3 Å². The maximum atomic E-state index is 12.1. The van der Waals surface area contributed by atoms with Gasteiger partial charge in [-0.05, 0) is 42.1 Å². The lowest BCUT2D eigenvalue weighted by molar-refractivity contribution is 0.0917. The van der Waals surface area contributed by atoms with E-state index in [1.54, 1.807) is 18.2 Å². The van der Waals surface area contributed by atoms with Gasteiger partial charge in [0.05, 0.1) is 0 Å². The molecule has 0 spiro atoms. The van der Waals surface area contributed by atoms with E-state index in [-0.39, 0.29) is 19.2 Å². The van der Waals surface area contributed by atoms with Gasteiger partial charge in [-0.25, -0.2) is 0 Å². The molecule has 1 atom stereocenters. The lowest BCUT2D eigenvalue weighted by Crippen LogP contribution is -2.28. The van der Waals surface area contributed by atoms with Crippen LogP contribution in [0.15, 0.2) is 29.6 Å². The van der Waals surface area contributed by atoms with Crippen LogP contribution in [0.2, 0.25) is 0 Å². The first-order valence-corrected chi connectivity index (χ1v) is 7.43. The first kappa shape index (κ1) is 13.9. The van der Waals surface area contributed by atoms with Crippen LogP contribution in [-0.4, -0.2) is 24.4 Å². The number of aryl methyl sites for hydroxylation is 1. The summed E-state index contributed by atoms with van der Waals surface area (Å²) in [6.45, 7) is 2.29. The molecule has 0 bridgehead atoms. The molecule has 1 aliphatic rings. The third kappa shape index (κ3) is 2.86. The molecular weight excluding hydrogens is 290 g/mol. The van der Waals surface area contributed by atoms with E-state index in [1.807, 2.05) is 18.4 Å². The van der Waals surface area contributed by atoms with Crippen LogP contribution in [-0.2, 0) is 0 Å². The van der Waals surface area contributed by atoms with Crippen molar-refractivity contribution in [3.05, 3.63) is 45.6 Å². The summed E-state index contributed by atoms with van der Waals surface area (Å²) in [5.74, 6) is 0.958. The fraction of sp³-hybridized carbons (Fsp3) is 0.267. The monoisotopic (exact) mass is 305 g/mol. The Hall–Kier alpha value is -2.05. The van der Waals surface area contributed by atoms with Crippen molar-refractivity contribution < 1.29 is 19.4 Å². The molecule has 0 saturated carbocycles. The summed E-state index contributed by atoms with van der Waals surface area (Å²) < 4.78 is 10.4. The number of amides is 1. The van der Waals surface area contributed by atoms with Crippen LogP contribution in [0.3, 0.4) is 0 Å². The minimum absolute atomic E-state index is 0.175. The number of carbonyl (C=O) groups is 1. The van der Waals surface area contributed by atoms with E-state index in [9.17, 15) is 9.90 Å². The van der Waals surface area contributed by atoms with Crippen LogP contribution in [0.1, 0.15) is 26.9 Å². The molecule has 1 amide bonds. The average Bonchev–Trinajstić information content (AvgIpc) is 3.11. The maximum absolute atomic E-state index is 12.1. The number of aliphatic hydroxyl groups excluding tert-OH is 1. The Balaban J connectivity index is 1.63. The van der Waals surface area contributed by atoms with Crippen LogP contribution in [0.4, 0.5) is 0 Å². The number of hydrogen-bond acceptors (Lipinski definition) is 5. The molecule has 1 aliphatic heterocycles. The highest BCUT2D eigenvalue weighted by molar-refractivity contribution is 7.10. The third-order valence-electron chi connectivity index (χ3n) is 3.30. The average molecular weight is 305 g/mol. The van der Waals surface area contributed by atoms with E-state index in [4.69, 9.17) is 9.47 Å². The van der Waals surface area contributed by atoms with Crippen LogP contribution in [0.25, 0.3) is 0 Å². The maximum Gasteiger partial charge on any atom is 0.251 e. The Morgan fingerprint density at radius 1 is 1.38 bits per heavy atom. The molecular formula is C15H15NO4S. The number of hydrogen-bond donors (Lipinski definition) is 2. The standard InChI is InChI=1S/C15H15NO4S/c1-9-4-5-21-14(9)11(17)7-16-15(18)10-2-3-12-13(6-10)20-8-19-12/h2-6,11,17H,7-8H2,1H3,(H,16,18). The first-order valence-electron chi connectivity index (χ1n) is 6.55. The van der Waals surface area contributed by atoms with Gasteiger partial charge in [-0.1, -0.05) is 0 Å². The fourth-order valence-corrected chi connectivity index (χ4v) is 3.06. The van der Waals surface area contributed by atoms with Gasteiger partial charge < -0.3 is 19.9 Å². The van der Waals surface area contributed by atoms with Crippen molar-refractivity contribution in [1.82, 2.24) is 5.32 Å². The Bertz CT molecular complexity index is 667. The molecule has 1 aromatic carbocycles. The number of fused-ring (bicyclic) bond motifs is 1. The third-order valence-corrected chi connectivity index (χ3v) is 4.42. The predicted molar refractivity (Wildman–Crippen MR) is 78.9 cm³/mol. The zero-order valence-corrected chi connectivity index (χ0v) is 12.3. The highest BCUT2D eigenvalue weighted by Gasteiger charge is 2.17. The molecule has 1 unspecified atom stereocenters. The number of ether oxygens (including phenoxy) is 2. The van der Waals surface area contributed by atoms with Crippen LogP contribution in [0.5, 0.6) is 11.5 Å². The number of thiophene rings is 1. The van der Waals surface area contributed by atoms with Crippen LogP contribution >= 0.6 is 11.3 Å². The lowest BCUT2D eigenvalue weighted by atomic mass is 10.1. The van der Waals surface area contributed by atoms with E-state index in [0.29, 0.717) is 17.1 Å². The number of nitrogens with one attached hydrogen (secondary N) is 1. The van der Waals surface area contributed by atoms with Gasteiger partial charge in [0.25, 0.3) is 5.91 Å². The highest BCUT2D eigenvalue weighted by atomic mass is 32.1. The number of rotatable bonds is 4. The van der Waals surface area contributed by atoms with Crippen molar-refractivity contribution in [2.45, 2.75) is 13.0 Å². The van der Waals surface area contributed by atoms with Crippen molar-refractivity contribution >= 4 is 17.2 Å². The van der Waals surface area contributed by atoms with Gasteiger partial charge in [0, 0.05) is 17.0 Å². The largest absolute Gasteiger partial charge is 0.454 e. The number of carbonyl (C=O) groups excluding carboxylic acids is 1. The van der Waals surface area contributed by atoms with Gasteiger partial charge in [0.1, 0.15) is 6.10 Å². The highest BCUT2D eigenvalue weighted by Crippen LogP contribution is 2.32. The first-order chi connectivity index (χ1) is 10.1. The Kier molecular flexibility index (Phi) is 3.81. The summed E-state index contributed by atoms with van der Waals surface area (Å²) in [7, 11) is 0. The summed E-state index contributed by atoms with van der Waals surface area (Å²) in [5, 5.41) is 14.7. The quantitative estimate of drug-likeness (QED) is 0.909. The summed E-state index contributed by atoms with van der Waals surface area (Å²) in [6.07, 6.45) is -0.692. The molecule has 2 aromatic rings. The van der Waals surface area contributed by atoms with Gasteiger partial charge in [-0.2, -0.15) is 0 Å². The topological polar surface area (TPSA) is 67.8 Å². The number of benzene rings is 1. The molecule has 0 radical (unpaired) electrons. The van der Waals surface area contributed by atoms with Crippen molar-refractivity contribution in [3.8, 4) is 11.5 Å². The second-order valence-electron chi connectivity index (χ2n) is 4.76. The molecule has 21 heavy (non-hydrogen) atoms. The molecule has 5 nitrogen and oxygen atoms in total. The zero-order chi connectivity index (χ0) is 14.8. The molecule has 3 rings (SSSR count). The van der Waals surface area contributed by atoms with Crippen molar-refractivity contribution in [2.24, 2.45) is 0 Å². The number of aliphatic hydroxyl groups is 1. The molecule has 0 saturated heterocycles. The van der Waals surface area contributed by atoms with Crippen molar-refractivity contribution in [3.63, 3.8) is 0 Å². The fourth-order valence-electron chi connectivity index (χ4n) is 2.15.